The van der Waals surface area contributed by atoms with Crippen LogP contribution in [0.2, 0.25) is 0 Å². The zero-order valence-corrected chi connectivity index (χ0v) is 6.23. The lowest BCUT2D eigenvalue weighted by molar-refractivity contribution is -0.135. The van der Waals surface area contributed by atoms with E-state index in [2.05, 4.69) is 4.98 Å². The van der Waals surface area contributed by atoms with Crippen molar-refractivity contribution in [3.8, 4) is 0 Å². The maximum absolute atomic E-state index is 11.0. The molecule has 12 heavy (non-hydrogen) atoms. The molecule has 1 rings (SSSR count). The van der Waals surface area contributed by atoms with Crippen molar-refractivity contribution in [2.24, 2.45) is 0 Å². The van der Waals surface area contributed by atoms with Crippen LogP contribution < -0.4 is 0 Å². The average Bonchev–Trinajstić information content (AvgIpc) is 2.05. The Morgan fingerprint density at radius 1 is 1.42 bits per heavy atom. The Hall–Kier alpha value is -1.71. The monoisotopic (exact) mass is 165 g/mol. The summed E-state index contributed by atoms with van der Waals surface area (Å²) in [5.74, 6) is -1.60. The van der Waals surface area contributed by atoms with E-state index < -0.39 is 18.2 Å². The molecule has 0 aromatic carbocycles. The predicted molar refractivity (Wildman–Crippen MR) is 40.8 cm³/mol. The second-order valence-electron chi connectivity index (χ2n) is 2.21. The number of Topliss-reactive ketones (excluding diaryl/α,β-unsaturated/α-hetero) is 1. The molecule has 1 N–H and O–H groups in total. The van der Waals surface area contributed by atoms with Crippen molar-refractivity contribution in [2.45, 2.75) is 6.42 Å². The van der Waals surface area contributed by atoms with Crippen LogP contribution in [0.3, 0.4) is 0 Å². The van der Waals surface area contributed by atoms with E-state index in [1.54, 1.807) is 12.1 Å². The average molecular weight is 165 g/mol. The van der Waals surface area contributed by atoms with Crippen molar-refractivity contribution >= 4 is 11.8 Å². The fraction of sp³-hybridized carbons (Fsp3) is 0.125. The highest BCUT2D eigenvalue weighted by Gasteiger charge is 2.10. The molecular weight excluding hydrogens is 158 g/mol. The molecule has 0 fully saturated rings. The number of nitrogens with zero attached hydrogens (tertiary/aromatic N) is 1. The summed E-state index contributed by atoms with van der Waals surface area (Å²) in [6.07, 6.45) is 0.950. The van der Waals surface area contributed by atoms with Crippen molar-refractivity contribution in [2.75, 3.05) is 0 Å². The molecule has 0 spiro atoms. The van der Waals surface area contributed by atoms with Crippen LogP contribution in [-0.2, 0) is 4.79 Å². The number of aliphatic carboxylic acids is 1. The van der Waals surface area contributed by atoms with E-state index in [-0.39, 0.29) is 5.69 Å². The molecule has 1 aromatic rings. The smallest absolute Gasteiger partial charge is 0.311 e. The number of carbonyl (C=O) groups is 2. The van der Waals surface area contributed by atoms with Gasteiger partial charge in [0.05, 0.1) is 0 Å². The van der Waals surface area contributed by atoms with Gasteiger partial charge in [0.1, 0.15) is 12.1 Å². The van der Waals surface area contributed by atoms with E-state index in [4.69, 9.17) is 5.11 Å². The molecule has 1 aromatic heterocycles. The topological polar surface area (TPSA) is 67.3 Å². The third-order valence-electron chi connectivity index (χ3n) is 1.26. The number of rotatable bonds is 3. The molecule has 62 valence electrons. The molecule has 4 nitrogen and oxygen atoms in total. The van der Waals surface area contributed by atoms with E-state index in [0.717, 1.165) is 0 Å². The van der Waals surface area contributed by atoms with Gasteiger partial charge < -0.3 is 5.11 Å². The van der Waals surface area contributed by atoms with Crippen molar-refractivity contribution in [1.82, 2.24) is 4.98 Å². The Kier molecular flexibility index (Phi) is 2.53. The fourth-order valence-electron chi connectivity index (χ4n) is 0.756. The van der Waals surface area contributed by atoms with E-state index in [1.807, 2.05) is 0 Å². The van der Waals surface area contributed by atoms with Gasteiger partial charge in [-0.3, -0.25) is 14.6 Å². The van der Waals surface area contributed by atoms with Crippen molar-refractivity contribution < 1.29 is 14.7 Å². The second kappa shape index (κ2) is 3.61. The maximum Gasteiger partial charge on any atom is 0.311 e. The van der Waals surface area contributed by atoms with Crippen LogP contribution >= 0.6 is 0 Å². The van der Waals surface area contributed by atoms with E-state index >= 15 is 0 Å². The highest BCUT2D eigenvalue weighted by atomic mass is 16.4. The normalized spacial score (nSPS) is 9.33. The first-order valence-corrected chi connectivity index (χ1v) is 3.36. The Morgan fingerprint density at radius 2 is 2.17 bits per heavy atom. The van der Waals surface area contributed by atoms with Gasteiger partial charge in [0.25, 0.3) is 0 Å². The number of hydrogen-bond acceptors (Lipinski definition) is 3. The van der Waals surface area contributed by atoms with Gasteiger partial charge in [-0.25, -0.2) is 0 Å². The van der Waals surface area contributed by atoms with Gasteiger partial charge in [-0.05, 0) is 12.1 Å². The molecule has 1 heterocycles. The summed E-state index contributed by atoms with van der Waals surface area (Å²) in [5, 5.41) is 8.30. The Labute approximate surface area is 68.9 Å². The van der Waals surface area contributed by atoms with Gasteiger partial charge in [0.2, 0.25) is 0 Å². The number of aromatic nitrogens is 1. The quantitative estimate of drug-likeness (QED) is 0.529. The van der Waals surface area contributed by atoms with E-state index in [1.165, 1.54) is 12.3 Å². The van der Waals surface area contributed by atoms with Crippen molar-refractivity contribution in [3.63, 3.8) is 0 Å². The molecule has 0 aliphatic rings. The lowest BCUT2D eigenvalue weighted by atomic mass is 10.2. The SMILES string of the molecule is O=C(O)CC(=O)c1ccccn1. The van der Waals surface area contributed by atoms with Crippen LogP contribution in [0.5, 0.6) is 0 Å². The number of carboxylic acid groups (broad SMARTS) is 1. The summed E-state index contributed by atoms with van der Waals surface area (Å²) in [4.78, 5) is 24.9. The van der Waals surface area contributed by atoms with E-state index in [9.17, 15) is 9.59 Å². The molecule has 0 radical (unpaired) electrons. The molecule has 0 saturated heterocycles. The van der Waals surface area contributed by atoms with Crippen molar-refractivity contribution in [1.29, 1.82) is 0 Å². The molecule has 0 unspecified atom stereocenters. The zero-order valence-electron chi connectivity index (χ0n) is 6.23. The summed E-state index contributed by atoms with van der Waals surface area (Å²) >= 11 is 0. The minimum atomic E-state index is -1.13. The standard InChI is InChI=1S/C8H7NO3/c10-7(5-8(11)12)6-3-1-2-4-9-6/h1-4H,5H2,(H,11,12). The highest BCUT2D eigenvalue weighted by Crippen LogP contribution is 1.98. The van der Waals surface area contributed by atoms with Crippen LogP contribution in [0.1, 0.15) is 16.9 Å². The molecule has 0 bridgehead atoms. The number of pyridine rings is 1. The third kappa shape index (κ3) is 2.16. The van der Waals surface area contributed by atoms with Crippen LogP contribution in [0.4, 0.5) is 0 Å². The first-order chi connectivity index (χ1) is 5.70. The number of carbonyl (C=O) groups excluding carboxylic acids is 1. The molecule has 0 atom stereocenters. The number of ketones is 1. The summed E-state index contributed by atoms with van der Waals surface area (Å²) < 4.78 is 0. The first-order valence-electron chi connectivity index (χ1n) is 3.36. The van der Waals surface area contributed by atoms with Crippen LogP contribution in [0, 0.1) is 0 Å². The first kappa shape index (κ1) is 8.39. The summed E-state index contributed by atoms with van der Waals surface area (Å²) in [5.41, 5.74) is 0.194. The predicted octanol–water partition coefficient (Wildman–Crippen LogP) is 0.739. The molecule has 0 amide bonds. The van der Waals surface area contributed by atoms with Crippen LogP contribution in [0.15, 0.2) is 24.4 Å². The Morgan fingerprint density at radius 3 is 2.67 bits per heavy atom. The fourth-order valence-corrected chi connectivity index (χ4v) is 0.756. The minimum absolute atomic E-state index is 0.194. The molecule has 0 aliphatic carbocycles. The summed E-state index contributed by atoms with van der Waals surface area (Å²) in [6.45, 7) is 0. The van der Waals surface area contributed by atoms with Gasteiger partial charge in [-0.15, -0.1) is 0 Å². The Bertz CT molecular complexity index is 294. The molecule has 0 aliphatic heterocycles. The van der Waals surface area contributed by atoms with Gasteiger partial charge >= 0.3 is 5.97 Å². The molecule has 0 saturated carbocycles. The largest absolute Gasteiger partial charge is 0.481 e. The lowest BCUT2D eigenvalue weighted by Crippen LogP contribution is -2.08. The van der Waals surface area contributed by atoms with Gasteiger partial charge in [-0.2, -0.15) is 0 Å². The molecular formula is C8H7NO3. The van der Waals surface area contributed by atoms with Gasteiger partial charge in [0, 0.05) is 6.20 Å². The lowest BCUT2D eigenvalue weighted by Gasteiger charge is -1.94. The summed E-state index contributed by atoms with van der Waals surface area (Å²) in [6, 6.07) is 4.80. The maximum atomic E-state index is 11.0. The Balaban J connectivity index is 2.73. The minimum Gasteiger partial charge on any atom is -0.481 e. The summed E-state index contributed by atoms with van der Waals surface area (Å²) in [7, 11) is 0. The van der Waals surface area contributed by atoms with E-state index in [0.29, 0.717) is 0 Å². The van der Waals surface area contributed by atoms with Gasteiger partial charge in [0.15, 0.2) is 5.78 Å². The number of hydrogen-bond donors (Lipinski definition) is 1. The van der Waals surface area contributed by atoms with Crippen molar-refractivity contribution in [3.05, 3.63) is 30.1 Å². The third-order valence-corrected chi connectivity index (χ3v) is 1.26. The number of carboxylic acids is 1. The van der Waals surface area contributed by atoms with Crippen LogP contribution in [0.25, 0.3) is 0 Å². The van der Waals surface area contributed by atoms with Crippen LogP contribution in [-0.4, -0.2) is 21.8 Å². The highest BCUT2D eigenvalue weighted by molar-refractivity contribution is 6.04. The molecule has 4 heteroatoms. The second-order valence-corrected chi connectivity index (χ2v) is 2.21. The van der Waals surface area contributed by atoms with Gasteiger partial charge in [-0.1, -0.05) is 6.07 Å². The zero-order chi connectivity index (χ0) is 8.97.